The Morgan fingerprint density at radius 2 is 1.98 bits per heavy atom. The van der Waals surface area contributed by atoms with Crippen LogP contribution >= 0.6 is 0 Å². The Morgan fingerprint density at radius 1 is 1.12 bits per heavy atom. The summed E-state index contributed by atoms with van der Waals surface area (Å²) >= 11 is 0. The van der Waals surface area contributed by atoms with Gasteiger partial charge in [0.25, 0.3) is 6.01 Å². The van der Waals surface area contributed by atoms with E-state index in [2.05, 4.69) is 10.00 Å². The van der Waals surface area contributed by atoms with Crippen LogP contribution in [0.4, 0.5) is 6.01 Å². The largest absolute Gasteiger partial charge is 0.496 e. The Bertz CT molecular complexity index is 1820. The number of rotatable bonds is 8. The van der Waals surface area contributed by atoms with Gasteiger partial charge in [-0.15, -0.1) is 0 Å². The summed E-state index contributed by atoms with van der Waals surface area (Å²) in [7, 11) is 5.10. The lowest BCUT2D eigenvalue weighted by atomic mass is 10.0. The van der Waals surface area contributed by atoms with Crippen LogP contribution in [-0.2, 0) is 11.8 Å². The lowest BCUT2D eigenvalue weighted by molar-refractivity contribution is 0.0695. The molecule has 2 aromatic carbocycles. The van der Waals surface area contributed by atoms with Crippen molar-refractivity contribution in [1.29, 1.82) is 0 Å². The van der Waals surface area contributed by atoms with E-state index in [-0.39, 0.29) is 11.6 Å². The Kier molecular flexibility index (Phi) is 6.80. The van der Waals surface area contributed by atoms with Crippen molar-refractivity contribution >= 4 is 23.1 Å². The van der Waals surface area contributed by atoms with Crippen molar-refractivity contribution in [2.45, 2.75) is 18.9 Å². The van der Waals surface area contributed by atoms with Crippen molar-refractivity contribution in [3.63, 3.8) is 0 Å². The molecule has 0 aliphatic carbocycles. The number of carboxylic acids is 1. The van der Waals surface area contributed by atoms with E-state index in [1.807, 2.05) is 43.6 Å². The van der Waals surface area contributed by atoms with Gasteiger partial charge >= 0.3 is 5.97 Å². The van der Waals surface area contributed by atoms with Crippen molar-refractivity contribution in [2.24, 2.45) is 7.05 Å². The Labute approximate surface area is 235 Å². The summed E-state index contributed by atoms with van der Waals surface area (Å²) in [4.78, 5) is 31.6. The first-order valence-electron chi connectivity index (χ1n) is 13.2. The lowest BCUT2D eigenvalue weighted by Crippen LogP contribution is -2.32. The minimum Gasteiger partial charge on any atom is -0.496 e. The number of anilines is 1. The van der Waals surface area contributed by atoms with E-state index in [4.69, 9.17) is 18.9 Å². The second-order valence-corrected chi connectivity index (χ2v) is 10.0. The van der Waals surface area contributed by atoms with E-state index in [0.29, 0.717) is 46.4 Å². The fourth-order valence-electron chi connectivity index (χ4n) is 5.41. The number of carboxylic acid groups (broad SMARTS) is 1. The summed E-state index contributed by atoms with van der Waals surface area (Å²) < 4.78 is 20.6. The third-order valence-corrected chi connectivity index (χ3v) is 7.42. The summed E-state index contributed by atoms with van der Waals surface area (Å²) in [5, 5.41) is 14.0. The number of pyridine rings is 1. The van der Waals surface area contributed by atoms with Gasteiger partial charge < -0.3 is 28.5 Å². The predicted molar refractivity (Wildman–Crippen MR) is 153 cm³/mol. The monoisotopic (exact) mass is 555 g/mol. The Morgan fingerprint density at radius 3 is 2.71 bits per heavy atom. The molecule has 11 heteroatoms. The van der Waals surface area contributed by atoms with Crippen molar-refractivity contribution < 1.29 is 23.8 Å². The molecule has 6 rings (SSSR count). The number of nitrogens with zero attached hydrogens (tertiary/aromatic N) is 5. The maximum Gasteiger partial charge on any atom is 0.341 e. The fourth-order valence-corrected chi connectivity index (χ4v) is 5.41. The van der Waals surface area contributed by atoms with E-state index in [9.17, 15) is 14.7 Å². The third kappa shape index (κ3) is 4.84. The van der Waals surface area contributed by atoms with E-state index in [1.165, 1.54) is 12.3 Å². The van der Waals surface area contributed by atoms with Crippen molar-refractivity contribution in [1.82, 2.24) is 19.3 Å². The molecule has 1 N–H and O–H groups in total. The highest BCUT2D eigenvalue weighted by Gasteiger charge is 2.28. The molecule has 1 fully saturated rings. The highest BCUT2D eigenvalue weighted by Crippen LogP contribution is 2.35. The number of oxazole rings is 1. The Hall–Kier alpha value is -4.90. The van der Waals surface area contributed by atoms with Crippen LogP contribution in [0.5, 0.6) is 5.75 Å². The number of benzene rings is 2. The van der Waals surface area contributed by atoms with Gasteiger partial charge in [-0.1, -0.05) is 6.07 Å². The van der Waals surface area contributed by atoms with Crippen LogP contribution in [0.15, 0.2) is 70.3 Å². The third-order valence-electron chi connectivity index (χ3n) is 7.42. The number of hydrogen-bond acceptors (Lipinski definition) is 8. The van der Waals surface area contributed by atoms with Crippen LogP contribution in [0.25, 0.3) is 39.2 Å². The molecule has 41 heavy (non-hydrogen) atoms. The topological polar surface area (TPSA) is 125 Å². The SMILES string of the molecule is COCC1CCCN1c1nc2ccc(-n3cc(C(=O)O)c(=O)cc3-c3ccc(-c4cnn(C)c4)c(OC)c3)cc2o1. The lowest BCUT2D eigenvalue weighted by Gasteiger charge is -2.21. The molecule has 0 radical (unpaired) electrons. The zero-order chi connectivity index (χ0) is 28.7. The van der Waals surface area contributed by atoms with Gasteiger partial charge in [0, 0.05) is 67.6 Å². The Balaban J connectivity index is 1.46. The summed E-state index contributed by atoms with van der Waals surface area (Å²) in [5.41, 5.74) is 3.78. The summed E-state index contributed by atoms with van der Waals surface area (Å²) in [5.74, 6) is -0.718. The van der Waals surface area contributed by atoms with Gasteiger partial charge in [0.2, 0.25) is 0 Å². The molecule has 0 spiro atoms. The second kappa shape index (κ2) is 10.6. The fraction of sp³-hybridized carbons (Fsp3) is 0.267. The normalized spacial score (nSPS) is 15.1. The van der Waals surface area contributed by atoms with Crippen LogP contribution in [0.2, 0.25) is 0 Å². The molecule has 0 amide bonds. The van der Waals surface area contributed by atoms with Crippen molar-refractivity contribution in [3.05, 3.63) is 76.8 Å². The van der Waals surface area contributed by atoms with Gasteiger partial charge in [-0.2, -0.15) is 10.1 Å². The molecule has 0 saturated carbocycles. The molecule has 1 aliphatic rings. The van der Waals surface area contributed by atoms with Crippen LogP contribution in [0.1, 0.15) is 23.2 Å². The van der Waals surface area contributed by atoms with Crippen molar-refractivity contribution in [2.75, 3.05) is 32.3 Å². The van der Waals surface area contributed by atoms with Crippen LogP contribution < -0.4 is 15.1 Å². The van der Waals surface area contributed by atoms with E-state index >= 15 is 0 Å². The number of hydrogen-bond donors (Lipinski definition) is 1. The zero-order valence-corrected chi connectivity index (χ0v) is 22.9. The molecule has 1 atom stereocenters. The predicted octanol–water partition coefficient (Wildman–Crippen LogP) is 4.37. The smallest absolute Gasteiger partial charge is 0.341 e. The molecule has 4 heterocycles. The first-order valence-corrected chi connectivity index (χ1v) is 13.2. The molecular formula is C30H29N5O6. The molecule has 3 aromatic heterocycles. The van der Waals surface area contributed by atoms with E-state index < -0.39 is 11.4 Å². The van der Waals surface area contributed by atoms with Crippen LogP contribution in [0, 0.1) is 0 Å². The quantitative estimate of drug-likeness (QED) is 0.297. The molecule has 1 saturated heterocycles. The summed E-state index contributed by atoms with van der Waals surface area (Å²) in [6, 6.07) is 13.1. The van der Waals surface area contributed by atoms with Gasteiger partial charge in [0.1, 0.15) is 16.8 Å². The minimum atomic E-state index is -1.30. The van der Waals surface area contributed by atoms with Crippen molar-refractivity contribution in [3.8, 4) is 33.8 Å². The molecule has 1 unspecified atom stereocenters. The molecule has 210 valence electrons. The first-order chi connectivity index (χ1) is 19.9. The zero-order valence-electron chi connectivity index (χ0n) is 22.9. The summed E-state index contributed by atoms with van der Waals surface area (Å²) in [6.07, 6.45) is 7.00. The number of aromatic nitrogens is 4. The van der Waals surface area contributed by atoms with E-state index in [0.717, 1.165) is 30.5 Å². The first kappa shape index (κ1) is 26.3. The summed E-state index contributed by atoms with van der Waals surface area (Å²) in [6.45, 7) is 1.42. The number of aromatic carboxylic acids is 1. The van der Waals surface area contributed by atoms with Gasteiger partial charge in [-0.25, -0.2) is 4.79 Å². The second-order valence-electron chi connectivity index (χ2n) is 10.0. The highest BCUT2D eigenvalue weighted by atomic mass is 16.5. The minimum absolute atomic E-state index is 0.195. The average molecular weight is 556 g/mol. The molecule has 5 aromatic rings. The van der Waals surface area contributed by atoms with Gasteiger partial charge in [0.15, 0.2) is 11.0 Å². The number of ether oxygens (including phenoxy) is 2. The number of methoxy groups -OCH3 is 2. The average Bonchev–Trinajstić information content (AvgIpc) is 3.71. The number of fused-ring (bicyclic) bond motifs is 1. The van der Waals surface area contributed by atoms with Crippen LogP contribution in [-0.4, -0.2) is 63.8 Å². The van der Waals surface area contributed by atoms with Crippen LogP contribution in [0.3, 0.4) is 0 Å². The molecule has 11 nitrogen and oxygen atoms in total. The molecule has 0 bridgehead atoms. The van der Waals surface area contributed by atoms with E-state index in [1.54, 1.807) is 35.7 Å². The molecule has 1 aliphatic heterocycles. The highest BCUT2D eigenvalue weighted by molar-refractivity contribution is 5.88. The maximum atomic E-state index is 12.8. The number of aryl methyl sites for hydroxylation is 1. The number of carbonyl (C=O) groups is 1. The van der Waals surface area contributed by atoms with Gasteiger partial charge in [-0.3, -0.25) is 9.48 Å². The standard InChI is InChI=1S/C30H29N5O6/c1-33-15-19(14-31-33)22-8-6-18(11-27(22)40-3)25-13-26(36)23(29(37)38)16-35(25)20-7-9-24-28(12-20)41-30(32-24)34-10-4-5-21(34)17-39-2/h6-9,11-16,21H,4-5,10,17H2,1-3H3,(H,37,38). The maximum absolute atomic E-state index is 12.8. The van der Waals surface area contributed by atoms with Gasteiger partial charge in [-0.05, 0) is 37.1 Å². The molecular weight excluding hydrogens is 526 g/mol. The van der Waals surface area contributed by atoms with Gasteiger partial charge in [0.05, 0.1) is 31.6 Å².